The van der Waals surface area contributed by atoms with Gasteiger partial charge in [-0.1, -0.05) is 170 Å². The van der Waals surface area contributed by atoms with Crippen molar-refractivity contribution in [2.45, 2.75) is 0 Å². The summed E-state index contributed by atoms with van der Waals surface area (Å²) in [5.41, 5.74) is 10.6. The summed E-state index contributed by atoms with van der Waals surface area (Å²) in [4.78, 5) is 2.47. The first kappa shape index (κ1) is 32.4. The van der Waals surface area contributed by atoms with Crippen molar-refractivity contribution < 1.29 is 0 Å². The van der Waals surface area contributed by atoms with E-state index in [1.165, 1.54) is 91.6 Å². The number of rotatable bonds is 6. The van der Waals surface area contributed by atoms with Crippen molar-refractivity contribution in [3.05, 3.63) is 212 Å². The molecule has 0 bridgehead atoms. The summed E-state index contributed by atoms with van der Waals surface area (Å²) in [6.45, 7) is 0. The molecule has 0 aliphatic carbocycles. The van der Waals surface area contributed by atoms with Crippen molar-refractivity contribution in [3.63, 3.8) is 0 Å². The molecular formula is C54H35NS. The number of hydrogen-bond donors (Lipinski definition) is 0. The number of nitrogens with zero attached hydrogens (tertiary/aromatic N) is 1. The highest BCUT2D eigenvalue weighted by atomic mass is 32.1. The second kappa shape index (κ2) is 13.4. The number of fused-ring (bicyclic) bond motifs is 7. The number of para-hydroxylation sites is 1. The molecule has 0 spiro atoms. The van der Waals surface area contributed by atoms with Gasteiger partial charge >= 0.3 is 0 Å². The van der Waals surface area contributed by atoms with Crippen LogP contribution < -0.4 is 4.90 Å². The van der Waals surface area contributed by atoms with E-state index >= 15 is 0 Å². The Hall–Kier alpha value is -7.00. The monoisotopic (exact) mass is 729 g/mol. The van der Waals surface area contributed by atoms with Crippen LogP contribution in [0.25, 0.3) is 85.9 Å². The molecule has 0 amide bonds. The number of anilines is 3. The predicted molar refractivity (Wildman–Crippen MR) is 243 cm³/mol. The summed E-state index contributed by atoms with van der Waals surface area (Å²) in [6.07, 6.45) is 0. The van der Waals surface area contributed by atoms with Gasteiger partial charge in [-0.25, -0.2) is 0 Å². The average Bonchev–Trinajstić information content (AvgIpc) is 3.66. The fourth-order valence-corrected chi connectivity index (χ4v) is 9.76. The fraction of sp³-hybridized carbons (Fsp3) is 0. The first-order valence-corrected chi connectivity index (χ1v) is 20.0. The fourth-order valence-electron chi connectivity index (χ4n) is 8.56. The van der Waals surface area contributed by atoms with E-state index in [1.54, 1.807) is 0 Å². The van der Waals surface area contributed by atoms with Crippen LogP contribution in [0, 0.1) is 0 Å². The molecule has 0 radical (unpaired) electrons. The number of thiophene rings is 1. The van der Waals surface area contributed by atoms with E-state index in [0.29, 0.717) is 0 Å². The zero-order chi connectivity index (χ0) is 37.0. The van der Waals surface area contributed by atoms with Gasteiger partial charge in [0, 0.05) is 26.7 Å². The van der Waals surface area contributed by atoms with E-state index in [4.69, 9.17) is 0 Å². The van der Waals surface area contributed by atoms with Gasteiger partial charge in [0.1, 0.15) is 0 Å². The van der Waals surface area contributed by atoms with E-state index in [-0.39, 0.29) is 0 Å². The predicted octanol–water partition coefficient (Wildman–Crippen LogP) is 16.0. The Bertz CT molecular complexity index is 3260. The standard InChI is InChI=1S/C54H35NS/c1-3-17-44-37(12-1)14-10-21-46(44)40-15-9-16-41(35-40)48-19-5-7-23-51(48)55(52-24-11-22-50-49-20-6-8-25-53(49)56-54(50)52)43-31-28-36(29-32-43)39-30-33-47-42(34-39)27-26-38-13-2-4-18-45(38)47/h1-35H. The van der Waals surface area contributed by atoms with Gasteiger partial charge in [0.05, 0.1) is 16.1 Å². The highest BCUT2D eigenvalue weighted by molar-refractivity contribution is 7.26. The quantitative estimate of drug-likeness (QED) is 0.154. The van der Waals surface area contributed by atoms with Crippen molar-refractivity contribution in [3.8, 4) is 33.4 Å². The summed E-state index contributed by atoms with van der Waals surface area (Å²) in [7, 11) is 0. The third-order valence-corrected chi connectivity index (χ3v) is 12.5. The Balaban J connectivity index is 1.07. The summed E-state index contributed by atoms with van der Waals surface area (Å²) >= 11 is 1.87. The molecule has 11 aromatic rings. The molecule has 0 atom stereocenters. The molecule has 10 aromatic carbocycles. The summed E-state index contributed by atoms with van der Waals surface area (Å²) in [5, 5.41) is 10.2. The van der Waals surface area contributed by atoms with Crippen LogP contribution in [0.1, 0.15) is 0 Å². The van der Waals surface area contributed by atoms with Crippen LogP contribution >= 0.6 is 11.3 Å². The van der Waals surface area contributed by atoms with Crippen molar-refractivity contribution in [1.29, 1.82) is 0 Å². The molecule has 0 aliphatic heterocycles. The molecule has 56 heavy (non-hydrogen) atoms. The normalized spacial score (nSPS) is 11.6. The molecular weight excluding hydrogens is 695 g/mol. The first-order chi connectivity index (χ1) is 27.8. The Morgan fingerprint density at radius 2 is 0.875 bits per heavy atom. The maximum Gasteiger partial charge on any atom is 0.0640 e. The number of benzene rings is 10. The van der Waals surface area contributed by atoms with Crippen LogP contribution in [0.5, 0.6) is 0 Å². The first-order valence-electron chi connectivity index (χ1n) is 19.2. The van der Waals surface area contributed by atoms with Crippen LogP contribution in [-0.2, 0) is 0 Å². The molecule has 0 unspecified atom stereocenters. The van der Waals surface area contributed by atoms with Crippen LogP contribution in [0.15, 0.2) is 212 Å². The molecule has 11 rings (SSSR count). The minimum absolute atomic E-state index is 1.11. The minimum Gasteiger partial charge on any atom is -0.308 e. The Morgan fingerprint density at radius 1 is 0.304 bits per heavy atom. The SMILES string of the molecule is c1cc(-c2ccccc2N(c2ccc(-c3ccc4c(ccc5ccccc54)c3)cc2)c2cccc3c2sc2ccccc23)cc(-c2cccc3ccccc23)c1. The molecule has 0 N–H and O–H groups in total. The lowest BCUT2D eigenvalue weighted by Gasteiger charge is -2.28. The Kier molecular flexibility index (Phi) is 7.75. The van der Waals surface area contributed by atoms with Crippen LogP contribution in [-0.4, -0.2) is 0 Å². The van der Waals surface area contributed by atoms with Crippen molar-refractivity contribution in [1.82, 2.24) is 0 Å². The van der Waals surface area contributed by atoms with Gasteiger partial charge in [-0.15, -0.1) is 11.3 Å². The van der Waals surface area contributed by atoms with E-state index in [2.05, 4.69) is 217 Å². The Morgan fingerprint density at radius 3 is 1.75 bits per heavy atom. The second-order valence-electron chi connectivity index (χ2n) is 14.5. The Labute approximate surface area is 330 Å². The molecule has 0 aliphatic rings. The van der Waals surface area contributed by atoms with Gasteiger partial charge in [-0.2, -0.15) is 0 Å². The molecule has 262 valence electrons. The minimum atomic E-state index is 1.11. The molecule has 1 heterocycles. The zero-order valence-corrected chi connectivity index (χ0v) is 31.4. The zero-order valence-electron chi connectivity index (χ0n) is 30.6. The van der Waals surface area contributed by atoms with Gasteiger partial charge in [0.2, 0.25) is 0 Å². The lowest BCUT2D eigenvalue weighted by atomic mass is 9.94. The van der Waals surface area contributed by atoms with Gasteiger partial charge < -0.3 is 4.90 Å². The van der Waals surface area contributed by atoms with Crippen molar-refractivity contribution in [2.75, 3.05) is 4.90 Å². The van der Waals surface area contributed by atoms with E-state index in [9.17, 15) is 0 Å². The molecule has 0 fully saturated rings. The third kappa shape index (κ3) is 5.46. The van der Waals surface area contributed by atoms with Crippen LogP contribution in [0.4, 0.5) is 17.1 Å². The molecule has 1 nitrogen and oxygen atoms in total. The summed E-state index contributed by atoms with van der Waals surface area (Å²) in [5.74, 6) is 0. The third-order valence-electron chi connectivity index (χ3n) is 11.2. The van der Waals surface area contributed by atoms with Crippen LogP contribution in [0.2, 0.25) is 0 Å². The lowest BCUT2D eigenvalue weighted by molar-refractivity contribution is 1.30. The van der Waals surface area contributed by atoms with Gasteiger partial charge in [-0.05, 0) is 103 Å². The topological polar surface area (TPSA) is 3.24 Å². The van der Waals surface area contributed by atoms with Crippen molar-refractivity contribution in [2.24, 2.45) is 0 Å². The molecule has 1 aromatic heterocycles. The smallest absolute Gasteiger partial charge is 0.0640 e. The molecule has 2 heteroatoms. The number of hydrogen-bond acceptors (Lipinski definition) is 2. The van der Waals surface area contributed by atoms with E-state index in [0.717, 1.165) is 11.4 Å². The largest absolute Gasteiger partial charge is 0.308 e. The van der Waals surface area contributed by atoms with Gasteiger partial charge in [-0.3, -0.25) is 0 Å². The molecule has 0 saturated heterocycles. The average molecular weight is 730 g/mol. The summed E-state index contributed by atoms with van der Waals surface area (Å²) < 4.78 is 2.57. The van der Waals surface area contributed by atoms with Gasteiger partial charge in [0.25, 0.3) is 0 Å². The van der Waals surface area contributed by atoms with Crippen molar-refractivity contribution >= 4 is 80.9 Å². The molecule has 0 saturated carbocycles. The second-order valence-corrected chi connectivity index (χ2v) is 15.5. The maximum absolute atomic E-state index is 2.47. The van der Waals surface area contributed by atoms with Crippen LogP contribution in [0.3, 0.4) is 0 Å². The maximum atomic E-state index is 2.47. The van der Waals surface area contributed by atoms with E-state index in [1.807, 2.05) is 11.3 Å². The highest BCUT2D eigenvalue weighted by Gasteiger charge is 2.21. The summed E-state index contributed by atoms with van der Waals surface area (Å²) in [6, 6.07) is 77.8. The lowest BCUT2D eigenvalue weighted by Crippen LogP contribution is -2.11. The van der Waals surface area contributed by atoms with E-state index < -0.39 is 0 Å². The highest BCUT2D eigenvalue weighted by Crippen LogP contribution is 2.47. The van der Waals surface area contributed by atoms with Gasteiger partial charge in [0.15, 0.2) is 0 Å².